The molecule has 0 aromatic heterocycles. The van der Waals surface area contributed by atoms with E-state index in [4.69, 9.17) is 4.74 Å². The zero-order valence-corrected chi connectivity index (χ0v) is 15.8. The molecule has 0 N–H and O–H groups in total. The molecule has 0 radical (unpaired) electrons. The van der Waals surface area contributed by atoms with Gasteiger partial charge in [-0.1, -0.05) is 43.3 Å². The molecule has 0 unspecified atom stereocenters. The number of imide groups is 1. The quantitative estimate of drug-likeness (QED) is 0.586. The highest BCUT2D eigenvalue weighted by Crippen LogP contribution is 2.42. The molecule has 1 aliphatic carbocycles. The average Bonchev–Trinajstić information content (AvgIpc) is 2.96. The van der Waals surface area contributed by atoms with Crippen LogP contribution in [-0.2, 0) is 9.59 Å². The first-order valence-corrected chi connectivity index (χ1v) is 9.73. The van der Waals surface area contributed by atoms with Gasteiger partial charge in [-0.15, -0.1) is 0 Å². The molecule has 0 spiro atoms. The van der Waals surface area contributed by atoms with E-state index in [-0.39, 0.29) is 36.0 Å². The summed E-state index contributed by atoms with van der Waals surface area (Å²) in [5, 5.41) is 0. The van der Waals surface area contributed by atoms with Crippen LogP contribution in [0.5, 0.6) is 5.75 Å². The van der Waals surface area contributed by atoms with Crippen molar-refractivity contribution in [2.24, 2.45) is 17.8 Å². The first-order valence-electron chi connectivity index (χ1n) is 9.73. The number of anilines is 1. The topological polar surface area (TPSA) is 63.7 Å². The van der Waals surface area contributed by atoms with Gasteiger partial charge in [-0.3, -0.25) is 14.4 Å². The number of nitrogens with zero attached hydrogens (tertiary/aromatic N) is 1. The van der Waals surface area contributed by atoms with Crippen molar-refractivity contribution in [3.05, 3.63) is 60.2 Å². The van der Waals surface area contributed by atoms with Gasteiger partial charge in [0.05, 0.1) is 17.5 Å². The number of rotatable bonds is 5. The van der Waals surface area contributed by atoms with Crippen molar-refractivity contribution in [2.75, 3.05) is 11.5 Å². The van der Waals surface area contributed by atoms with Crippen molar-refractivity contribution in [1.82, 2.24) is 0 Å². The lowest BCUT2D eigenvalue weighted by molar-refractivity contribution is -0.122. The zero-order chi connectivity index (χ0) is 19.7. The number of Topliss-reactive ketones (excluding diaryl/α,β-unsaturated/α-hetero) is 1. The third kappa shape index (κ3) is 3.44. The number of carbonyl (C=O) groups excluding carboxylic acids is 3. The third-order valence-electron chi connectivity index (χ3n) is 5.73. The van der Waals surface area contributed by atoms with Crippen LogP contribution in [0.2, 0.25) is 0 Å². The van der Waals surface area contributed by atoms with Crippen LogP contribution in [-0.4, -0.2) is 24.2 Å². The highest BCUT2D eigenvalue weighted by atomic mass is 16.5. The van der Waals surface area contributed by atoms with Crippen LogP contribution in [0.15, 0.2) is 54.6 Å². The van der Waals surface area contributed by atoms with E-state index in [1.165, 1.54) is 4.90 Å². The van der Waals surface area contributed by atoms with Gasteiger partial charge in [0.25, 0.3) is 0 Å². The Kier molecular flexibility index (Phi) is 4.99. The summed E-state index contributed by atoms with van der Waals surface area (Å²) in [7, 11) is 0. The van der Waals surface area contributed by atoms with E-state index >= 15 is 0 Å². The molecular formula is C23H23NO4. The van der Waals surface area contributed by atoms with Crippen molar-refractivity contribution < 1.29 is 19.1 Å². The number of amides is 2. The van der Waals surface area contributed by atoms with Crippen LogP contribution < -0.4 is 9.64 Å². The summed E-state index contributed by atoms with van der Waals surface area (Å²) in [6.45, 7) is 2.03. The van der Waals surface area contributed by atoms with E-state index in [9.17, 15) is 14.4 Å². The maximum absolute atomic E-state index is 12.9. The molecule has 2 aromatic carbocycles. The summed E-state index contributed by atoms with van der Waals surface area (Å²) in [5.41, 5.74) is 1.10. The Morgan fingerprint density at radius 1 is 1.00 bits per heavy atom. The van der Waals surface area contributed by atoms with E-state index in [1.807, 2.05) is 6.07 Å². The van der Waals surface area contributed by atoms with Gasteiger partial charge in [0.1, 0.15) is 5.75 Å². The Labute approximate surface area is 164 Å². The SMILES string of the molecule is C[C@H]1CC[C@H]2C(=O)N(c3cccc(OCC(=O)c4ccccc4)c3)C(=O)[C@H]2C1. The summed E-state index contributed by atoms with van der Waals surface area (Å²) in [5.74, 6) is 0.175. The summed E-state index contributed by atoms with van der Waals surface area (Å²) < 4.78 is 5.63. The highest BCUT2D eigenvalue weighted by molar-refractivity contribution is 6.22. The van der Waals surface area contributed by atoms with Gasteiger partial charge >= 0.3 is 0 Å². The molecule has 1 saturated heterocycles. The fourth-order valence-electron chi connectivity index (χ4n) is 4.21. The van der Waals surface area contributed by atoms with Gasteiger partial charge in [-0.25, -0.2) is 4.90 Å². The number of hydrogen-bond acceptors (Lipinski definition) is 4. The van der Waals surface area contributed by atoms with E-state index in [1.54, 1.807) is 48.5 Å². The second kappa shape index (κ2) is 7.58. The van der Waals surface area contributed by atoms with Crippen LogP contribution >= 0.6 is 0 Å². The fraction of sp³-hybridized carbons (Fsp3) is 0.348. The zero-order valence-electron chi connectivity index (χ0n) is 15.8. The van der Waals surface area contributed by atoms with Crippen LogP contribution in [0.4, 0.5) is 5.69 Å². The van der Waals surface area contributed by atoms with Gasteiger partial charge in [0.15, 0.2) is 12.4 Å². The molecule has 2 aromatic rings. The average molecular weight is 377 g/mol. The molecule has 0 bridgehead atoms. The number of carbonyl (C=O) groups is 3. The first-order chi connectivity index (χ1) is 13.5. The van der Waals surface area contributed by atoms with Crippen LogP contribution in [0.3, 0.4) is 0 Å². The van der Waals surface area contributed by atoms with Gasteiger partial charge in [-0.2, -0.15) is 0 Å². The van der Waals surface area contributed by atoms with Crippen molar-refractivity contribution in [1.29, 1.82) is 0 Å². The Balaban J connectivity index is 1.49. The molecule has 3 atom stereocenters. The first kappa shape index (κ1) is 18.4. The Hall–Kier alpha value is -2.95. The number of ether oxygens (including phenoxy) is 1. The summed E-state index contributed by atoms with van der Waals surface area (Å²) >= 11 is 0. The minimum absolute atomic E-state index is 0.0991. The predicted molar refractivity (Wildman–Crippen MR) is 105 cm³/mol. The molecule has 5 heteroatoms. The Morgan fingerprint density at radius 2 is 1.75 bits per heavy atom. The lowest BCUT2D eigenvalue weighted by Crippen LogP contribution is -2.30. The lowest BCUT2D eigenvalue weighted by atomic mass is 9.76. The Bertz CT molecular complexity index is 908. The van der Waals surface area contributed by atoms with Crippen LogP contribution in [0, 0.1) is 17.8 Å². The van der Waals surface area contributed by atoms with Gasteiger partial charge in [0, 0.05) is 11.6 Å². The van der Waals surface area contributed by atoms with E-state index in [0.29, 0.717) is 22.9 Å². The molecule has 1 heterocycles. The monoisotopic (exact) mass is 377 g/mol. The largest absolute Gasteiger partial charge is 0.485 e. The van der Waals surface area contributed by atoms with Gasteiger partial charge in [-0.05, 0) is 37.3 Å². The third-order valence-corrected chi connectivity index (χ3v) is 5.73. The summed E-state index contributed by atoms with van der Waals surface area (Å²) in [6, 6.07) is 15.8. The molecule has 1 saturated carbocycles. The number of benzene rings is 2. The normalized spacial score (nSPS) is 24.2. The van der Waals surface area contributed by atoms with Crippen LogP contribution in [0.1, 0.15) is 36.5 Å². The molecule has 4 rings (SSSR count). The fourth-order valence-corrected chi connectivity index (χ4v) is 4.21. The minimum atomic E-state index is -0.208. The molecular weight excluding hydrogens is 354 g/mol. The highest BCUT2D eigenvalue weighted by Gasteiger charge is 2.49. The van der Waals surface area contributed by atoms with Crippen molar-refractivity contribution in [3.8, 4) is 5.75 Å². The smallest absolute Gasteiger partial charge is 0.237 e. The molecule has 28 heavy (non-hydrogen) atoms. The number of hydrogen-bond donors (Lipinski definition) is 0. The lowest BCUT2D eigenvalue weighted by Gasteiger charge is -2.25. The van der Waals surface area contributed by atoms with E-state index in [0.717, 1.165) is 19.3 Å². The molecule has 2 amide bonds. The second-order valence-corrected chi connectivity index (χ2v) is 7.72. The second-order valence-electron chi connectivity index (χ2n) is 7.72. The summed E-state index contributed by atoms with van der Waals surface area (Å²) in [4.78, 5) is 39.2. The van der Waals surface area contributed by atoms with E-state index in [2.05, 4.69) is 6.92 Å². The van der Waals surface area contributed by atoms with Crippen molar-refractivity contribution in [3.63, 3.8) is 0 Å². The minimum Gasteiger partial charge on any atom is -0.485 e. The molecule has 2 aliphatic rings. The molecule has 2 fully saturated rings. The summed E-state index contributed by atoms with van der Waals surface area (Å²) in [6.07, 6.45) is 2.53. The van der Waals surface area contributed by atoms with Crippen molar-refractivity contribution >= 4 is 23.3 Å². The van der Waals surface area contributed by atoms with Crippen molar-refractivity contribution in [2.45, 2.75) is 26.2 Å². The van der Waals surface area contributed by atoms with Gasteiger partial charge in [0.2, 0.25) is 11.8 Å². The predicted octanol–water partition coefficient (Wildman–Crippen LogP) is 3.87. The standard InChI is InChI=1S/C23H23NO4/c1-15-10-11-19-20(12-15)23(27)24(22(19)26)17-8-5-9-18(13-17)28-14-21(25)16-6-3-2-4-7-16/h2-9,13,15,19-20H,10-12,14H2,1H3/t15-,19+,20-/m0/s1. The molecule has 5 nitrogen and oxygen atoms in total. The van der Waals surface area contributed by atoms with E-state index < -0.39 is 0 Å². The maximum atomic E-state index is 12.9. The molecule has 1 aliphatic heterocycles. The van der Waals surface area contributed by atoms with Gasteiger partial charge < -0.3 is 4.74 Å². The maximum Gasteiger partial charge on any atom is 0.237 e. The Morgan fingerprint density at radius 3 is 2.54 bits per heavy atom. The van der Waals surface area contributed by atoms with Crippen LogP contribution in [0.25, 0.3) is 0 Å². The number of fused-ring (bicyclic) bond motifs is 1. The molecule has 144 valence electrons. The number of ketones is 1.